The largest absolute Gasteiger partial charge is 0.353 e. The van der Waals surface area contributed by atoms with Gasteiger partial charge in [0, 0.05) is 18.8 Å². The van der Waals surface area contributed by atoms with Gasteiger partial charge in [0.25, 0.3) is 0 Å². The molecule has 0 unspecified atom stereocenters. The zero-order chi connectivity index (χ0) is 16.8. The smallest absolute Gasteiger partial charge is 0.230 e. The molecule has 2 heterocycles. The Kier molecular flexibility index (Phi) is 5.63. The summed E-state index contributed by atoms with van der Waals surface area (Å²) in [5, 5.41) is 12.3. The number of amides is 1. The van der Waals surface area contributed by atoms with E-state index in [0.717, 1.165) is 18.5 Å². The molecule has 0 aliphatic heterocycles. The first-order valence-electron chi connectivity index (χ1n) is 8.15. The van der Waals surface area contributed by atoms with Gasteiger partial charge in [0.1, 0.15) is 5.69 Å². The summed E-state index contributed by atoms with van der Waals surface area (Å²) in [5.74, 6) is 1.09. The molecule has 1 aliphatic carbocycles. The Bertz CT molecular complexity index is 694. The molecule has 24 heavy (non-hydrogen) atoms. The Morgan fingerprint density at radius 3 is 2.92 bits per heavy atom. The number of thioether (sulfide) groups is 1. The minimum atomic E-state index is 0.0550. The van der Waals surface area contributed by atoms with Gasteiger partial charge in [0.2, 0.25) is 5.91 Å². The Labute approximate surface area is 145 Å². The number of carbonyl (C=O) groups is 1. The summed E-state index contributed by atoms with van der Waals surface area (Å²) in [5.41, 5.74) is 0.758. The number of nitrogens with one attached hydrogen (secondary N) is 1. The van der Waals surface area contributed by atoms with Gasteiger partial charge >= 0.3 is 0 Å². The molecule has 1 amide bonds. The van der Waals surface area contributed by atoms with E-state index in [-0.39, 0.29) is 5.91 Å². The molecular formula is C17H21N5OS. The van der Waals surface area contributed by atoms with Gasteiger partial charge in [-0.1, -0.05) is 36.7 Å². The topological polar surface area (TPSA) is 72.7 Å². The highest BCUT2D eigenvalue weighted by atomic mass is 32.2. The Morgan fingerprint density at radius 1 is 1.38 bits per heavy atom. The van der Waals surface area contributed by atoms with Crippen LogP contribution in [0.5, 0.6) is 0 Å². The average Bonchev–Trinajstić information content (AvgIpc) is 3.24. The molecule has 2 aromatic heterocycles. The maximum absolute atomic E-state index is 12.1. The van der Waals surface area contributed by atoms with Gasteiger partial charge in [-0.05, 0) is 25.0 Å². The van der Waals surface area contributed by atoms with Crippen molar-refractivity contribution < 1.29 is 4.79 Å². The molecule has 6 nitrogen and oxygen atoms in total. The van der Waals surface area contributed by atoms with E-state index in [4.69, 9.17) is 0 Å². The first-order valence-corrected chi connectivity index (χ1v) is 9.14. The van der Waals surface area contributed by atoms with Crippen molar-refractivity contribution in [2.75, 3.05) is 5.75 Å². The van der Waals surface area contributed by atoms with Gasteiger partial charge in [-0.15, -0.1) is 16.8 Å². The van der Waals surface area contributed by atoms with Gasteiger partial charge in [-0.25, -0.2) is 0 Å². The monoisotopic (exact) mass is 343 g/mol. The van der Waals surface area contributed by atoms with E-state index >= 15 is 0 Å². The molecule has 0 radical (unpaired) electrons. The first kappa shape index (κ1) is 16.7. The van der Waals surface area contributed by atoms with Crippen LogP contribution >= 0.6 is 11.8 Å². The first-order chi connectivity index (χ1) is 11.8. The fraction of sp³-hybridized carbons (Fsp3) is 0.412. The van der Waals surface area contributed by atoms with Crippen LogP contribution in [0.3, 0.4) is 0 Å². The second-order valence-electron chi connectivity index (χ2n) is 5.76. The molecule has 0 spiro atoms. The van der Waals surface area contributed by atoms with Gasteiger partial charge in [-0.2, -0.15) is 0 Å². The molecule has 7 heteroatoms. The lowest BCUT2D eigenvalue weighted by Crippen LogP contribution is -2.33. The Hall–Kier alpha value is -2.15. The number of aromatic nitrogens is 4. The molecule has 0 atom stereocenters. The van der Waals surface area contributed by atoms with Crippen LogP contribution in [0.2, 0.25) is 0 Å². The average molecular weight is 343 g/mol. The number of hydrogen-bond acceptors (Lipinski definition) is 5. The number of pyridine rings is 1. The van der Waals surface area contributed by atoms with E-state index in [1.807, 2.05) is 22.8 Å². The minimum Gasteiger partial charge on any atom is -0.353 e. The molecule has 0 aromatic carbocycles. The minimum absolute atomic E-state index is 0.0550. The van der Waals surface area contributed by atoms with Crippen molar-refractivity contribution in [1.82, 2.24) is 25.1 Å². The van der Waals surface area contributed by atoms with Gasteiger partial charge < -0.3 is 5.32 Å². The third-order valence-corrected chi connectivity index (χ3v) is 4.94. The zero-order valence-corrected chi connectivity index (χ0v) is 14.3. The predicted molar refractivity (Wildman–Crippen MR) is 94.6 cm³/mol. The maximum Gasteiger partial charge on any atom is 0.230 e. The highest BCUT2D eigenvalue weighted by Crippen LogP contribution is 2.23. The normalized spacial score (nSPS) is 14.7. The van der Waals surface area contributed by atoms with Gasteiger partial charge in [0.05, 0.1) is 5.75 Å². The summed E-state index contributed by atoms with van der Waals surface area (Å²) >= 11 is 1.40. The van der Waals surface area contributed by atoms with Crippen LogP contribution in [-0.2, 0) is 11.3 Å². The zero-order valence-electron chi connectivity index (χ0n) is 13.5. The number of allylic oxidation sites excluding steroid dienone is 1. The molecule has 0 saturated heterocycles. The quantitative estimate of drug-likeness (QED) is 0.618. The lowest BCUT2D eigenvalue weighted by molar-refractivity contribution is -0.119. The summed E-state index contributed by atoms with van der Waals surface area (Å²) < 4.78 is 1.93. The van der Waals surface area contributed by atoms with E-state index in [1.165, 1.54) is 24.6 Å². The molecule has 1 fully saturated rings. The van der Waals surface area contributed by atoms with Crippen molar-refractivity contribution in [3.63, 3.8) is 0 Å². The second-order valence-corrected chi connectivity index (χ2v) is 6.70. The van der Waals surface area contributed by atoms with Crippen molar-refractivity contribution in [1.29, 1.82) is 0 Å². The van der Waals surface area contributed by atoms with Crippen LogP contribution < -0.4 is 5.32 Å². The molecule has 1 aliphatic rings. The lowest BCUT2D eigenvalue weighted by Gasteiger charge is -2.11. The van der Waals surface area contributed by atoms with Crippen molar-refractivity contribution in [2.45, 2.75) is 43.4 Å². The highest BCUT2D eigenvalue weighted by Gasteiger charge is 2.19. The summed E-state index contributed by atoms with van der Waals surface area (Å²) in [7, 11) is 0. The molecule has 1 saturated carbocycles. The van der Waals surface area contributed by atoms with Crippen LogP contribution in [-0.4, -0.2) is 37.5 Å². The van der Waals surface area contributed by atoms with Crippen molar-refractivity contribution in [3.05, 3.63) is 37.1 Å². The van der Waals surface area contributed by atoms with Crippen molar-refractivity contribution in [2.24, 2.45) is 0 Å². The third-order valence-electron chi connectivity index (χ3n) is 3.98. The molecule has 0 bridgehead atoms. The second kappa shape index (κ2) is 8.10. The fourth-order valence-corrected chi connectivity index (χ4v) is 3.60. The van der Waals surface area contributed by atoms with Crippen molar-refractivity contribution in [3.8, 4) is 11.5 Å². The summed E-state index contributed by atoms with van der Waals surface area (Å²) in [6.07, 6.45) is 8.11. The number of rotatable bonds is 7. The fourth-order valence-electron chi connectivity index (χ4n) is 2.84. The molecule has 126 valence electrons. The van der Waals surface area contributed by atoms with E-state index in [0.29, 0.717) is 29.3 Å². The van der Waals surface area contributed by atoms with E-state index in [2.05, 4.69) is 27.1 Å². The van der Waals surface area contributed by atoms with Crippen molar-refractivity contribution >= 4 is 17.7 Å². The summed E-state index contributed by atoms with van der Waals surface area (Å²) in [4.78, 5) is 16.4. The summed E-state index contributed by atoms with van der Waals surface area (Å²) in [6.45, 7) is 4.36. The standard InChI is InChI=1S/C17H21N5OS/c1-2-11-22-16(14-9-5-6-10-18-14)20-21-17(22)24-12-15(23)19-13-7-3-4-8-13/h2,5-6,9-10,13H,1,3-4,7-8,11-12H2,(H,19,23). The predicted octanol–water partition coefficient (Wildman–Crippen LogP) is 2.68. The van der Waals surface area contributed by atoms with Crippen LogP contribution in [0.1, 0.15) is 25.7 Å². The van der Waals surface area contributed by atoms with Crippen LogP contribution in [0.15, 0.2) is 42.2 Å². The van der Waals surface area contributed by atoms with Crippen LogP contribution in [0, 0.1) is 0 Å². The van der Waals surface area contributed by atoms with E-state index in [1.54, 1.807) is 12.3 Å². The van der Waals surface area contributed by atoms with Gasteiger partial charge in [-0.3, -0.25) is 14.3 Å². The SMILES string of the molecule is C=CCn1c(SCC(=O)NC2CCCC2)nnc1-c1ccccn1. The molecular weight excluding hydrogens is 322 g/mol. The number of nitrogens with zero attached hydrogens (tertiary/aromatic N) is 4. The Morgan fingerprint density at radius 2 is 2.21 bits per heavy atom. The molecule has 2 aromatic rings. The highest BCUT2D eigenvalue weighted by molar-refractivity contribution is 7.99. The number of hydrogen-bond donors (Lipinski definition) is 1. The lowest BCUT2D eigenvalue weighted by atomic mass is 10.2. The molecule has 3 rings (SSSR count). The maximum atomic E-state index is 12.1. The molecule has 1 N–H and O–H groups in total. The van der Waals surface area contributed by atoms with Crippen LogP contribution in [0.4, 0.5) is 0 Å². The van der Waals surface area contributed by atoms with E-state index < -0.39 is 0 Å². The third kappa shape index (κ3) is 4.03. The van der Waals surface area contributed by atoms with E-state index in [9.17, 15) is 4.79 Å². The Balaban J connectivity index is 1.67. The van der Waals surface area contributed by atoms with Gasteiger partial charge in [0.15, 0.2) is 11.0 Å². The van der Waals surface area contributed by atoms with Crippen LogP contribution in [0.25, 0.3) is 11.5 Å². The summed E-state index contributed by atoms with van der Waals surface area (Å²) in [6, 6.07) is 6.01. The number of carbonyl (C=O) groups excluding carboxylic acids is 1.